The molecule has 0 radical (unpaired) electrons. The summed E-state index contributed by atoms with van der Waals surface area (Å²) < 4.78 is 3.57. The van der Waals surface area contributed by atoms with Gasteiger partial charge in [-0.15, -0.1) is 0 Å². The number of hydrogen-bond donors (Lipinski definition) is 1. The normalized spacial score (nSPS) is 12.5. The average molecular weight is 312 g/mol. The van der Waals surface area contributed by atoms with Crippen molar-refractivity contribution in [3.8, 4) is 0 Å². The lowest BCUT2D eigenvalue weighted by molar-refractivity contribution is 0.0933. The second-order valence-electron chi connectivity index (χ2n) is 5.60. The highest BCUT2D eigenvalue weighted by molar-refractivity contribution is 5.96. The average Bonchev–Trinajstić information content (AvgIpc) is 3.06. The van der Waals surface area contributed by atoms with E-state index in [0.717, 1.165) is 23.5 Å². The lowest BCUT2D eigenvalue weighted by Gasteiger charge is -2.14. The molecule has 0 aliphatic heterocycles. The number of aryl methyl sites for hydroxylation is 2. The van der Waals surface area contributed by atoms with Crippen molar-refractivity contribution in [1.29, 1.82) is 0 Å². The van der Waals surface area contributed by atoms with Gasteiger partial charge in [0.25, 0.3) is 5.91 Å². The molecule has 0 aliphatic carbocycles. The van der Waals surface area contributed by atoms with Gasteiger partial charge in [-0.2, -0.15) is 5.10 Å². The first kappa shape index (κ1) is 15.2. The summed E-state index contributed by atoms with van der Waals surface area (Å²) in [5.41, 5.74) is 3.02. The third kappa shape index (κ3) is 2.69. The van der Waals surface area contributed by atoms with Crippen molar-refractivity contribution in [2.24, 2.45) is 7.05 Å². The first-order valence-electron chi connectivity index (χ1n) is 7.62. The molecule has 0 bridgehead atoms. The van der Waals surface area contributed by atoms with Gasteiger partial charge in [-0.3, -0.25) is 13.9 Å². The molecule has 3 rings (SSSR count). The lowest BCUT2D eigenvalue weighted by atomic mass is 10.1. The van der Waals surface area contributed by atoms with Gasteiger partial charge >= 0.3 is 0 Å². The number of carbonyl (C=O) groups is 1. The monoisotopic (exact) mass is 312 g/mol. The SMILES string of the molecule is CC[C@@H](NC(=O)c1c(C)nn(C)c1C)c1cn2cccnc2n1. The van der Waals surface area contributed by atoms with Crippen molar-refractivity contribution in [3.05, 3.63) is 47.3 Å². The van der Waals surface area contributed by atoms with Crippen LogP contribution in [0, 0.1) is 13.8 Å². The number of fused-ring (bicyclic) bond motifs is 1. The summed E-state index contributed by atoms with van der Waals surface area (Å²) in [6, 6.07) is 1.68. The molecule has 1 atom stereocenters. The highest BCUT2D eigenvalue weighted by atomic mass is 16.1. The summed E-state index contributed by atoms with van der Waals surface area (Å²) >= 11 is 0. The molecule has 1 N–H and O–H groups in total. The van der Waals surface area contributed by atoms with Crippen LogP contribution in [-0.4, -0.2) is 30.1 Å². The topological polar surface area (TPSA) is 77.1 Å². The Morgan fingerprint density at radius 1 is 1.39 bits per heavy atom. The van der Waals surface area contributed by atoms with E-state index in [0.29, 0.717) is 11.3 Å². The molecule has 0 saturated carbocycles. The lowest BCUT2D eigenvalue weighted by Crippen LogP contribution is -2.29. The Balaban J connectivity index is 1.88. The number of nitrogens with zero attached hydrogens (tertiary/aromatic N) is 5. The smallest absolute Gasteiger partial charge is 0.255 e. The van der Waals surface area contributed by atoms with Crippen LogP contribution in [0.25, 0.3) is 5.78 Å². The van der Waals surface area contributed by atoms with E-state index in [2.05, 4.69) is 20.4 Å². The van der Waals surface area contributed by atoms with Gasteiger partial charge in [0.05, 0.1) is 23.0 Å². The Bertz CT molecular complexity index is 830. The van der Waals surface area contributed by atoms with Crippen molar-refractivity contribution in [2.75, 3.05) is 0 Å². The van der Waals surface area contributed by atoms with Crippen molar-refractivity contribution < 1.29 is 4.79 Å². The minimum absolute atomic E-state index is 0.120. The molecule has 3 aromatic rings. The summed E-state index contributed by atoms with van der Waals surface area (Å²) in [6.07, 6.45) is 6.24. The zero-order valence-corrected chi connectivity index (χ0v) is 13.7. The number of hydrogen-bond acceptors (Lipinski definition) is 4. The second kappa shape index (κ2) is 5.83. The largest absolute Gasteiger partial charge is 0.343 e. The minimum Gasteiger partial charge on any atom is -0.343 e. The van der Waals surface area contributed by atoms with Gasteiger partial charge in [-0.05, 0) is 26.3 Å². The van der Waals surface area contributed by atoms with E-state index in [4.69, 9.17) is 0 Å². The Hall–Kier alpha value is -2.70. The molecule has 7 nitrogen and oxygen atoms in total. The quantitative estimate of drug-likeness (QED) is 0.799. The Morgan fingerprint density at radius 2 is 2.17 bits per heavy atom. The van der Waals surface area contributed by atoms with Gasteiger partial charge in [-0.1, -0.05) is 6.92 Å². The van der Waals surface area contributed by atoms with Crippen molar-refractivity contribution in [2.45, 2.75) is 33.2 Å². The van der Waals surface area contributed by atoms with Gasteiger partial charge in [0.15, 0.2) is 0 Å². The van der Waals surface area contributed by atoms with Crippen LogP contribution in [0.5, 0.6) is 0 Å². The van der Waals surface area contributed by atoms with Crippen LogP contribution in [0.3, 0.4) is 0 Å². The van der Waals surface area contributed by atoms with Crippen LogP contribution in [0.1, 0.15) is 46.8 Å². The fourth-order valence-corrected chi connectivity index (χ4v) is 2.73. The van der Waals surface area contributed by atoms with Crippen molar-refractivity contribution in [1.82, 2.24) is 29.5 Å². The standard InChI is InChI=1S/C16H20N6O/c1-5-12(13-9-22-8-6-7-17-16(22)19-13)18-15(23)14-10(2)20-21(4)11(14)3/h6-9,12H,5H2,1-4H3,(H,18,23)/t12-/m1/s1. The van der Waals surface area contributed by atoms with E-state index >= 15 is 0 Å². The van der Waals surface area contributed by atoms with Gasteiger partial charge in [0.1, 0.15) is 0 Å². The summed E-state index contributed by atoms with van der Waals surface area (Å²) in [5, 5.41) is 7.36. The summed E-state index contributed by atoms with van der Waals surface area (Å²) in [5.74, 6) is 0.508. The molecule has 1 amide bonds. The van der Waals surface area contributed by atoms with Crippen LogP contribution in [-0.2, 0) is 7.05 Å². The molecule has 0 unspecified atom stereocenters. The van der Waals surface area contributed by atoms with Crippen LogP contribution in [0.15, 0.2) is 24.7 Å². The molecule has 0 aromatic carbocycles. The van der Waals surface area contributed by atoms with Crippen LogP contribution < -0.4 is 5.32 Å². The number of rotatable bonds is 4. The summed E-state index contributed by atoms with van der Waals surface area (Å²) in [4.78, 5) is 21.4. The zero-order chi connectivity index (χ0) is 16.6. The predicted molar refractivity (Wildman–Crippen MR) is 86.2 cm³/mol. The van der Waals surface area contributed by atoms with E-state index in [1.807, 2.05) is 50.7 Å². The fraction of sp³-hybridized carbons (Fsp3) is 0.375. The molecular weight excluding hydrogens is 292 g/mol. The highest BCUT2D eigenvalue weighted by Crippen LogP contribution is 2.18. The molecule has 0 fully saturated rings. The molecule has 120 valence electrons. The molecular formula is C16H20N6O. The van der Waals surface area contributed by atoms with Gasteiger partial charge in [0, 0.05) is 31.3 Å². The third-order valence-corrected chi connectivity index (χ3v) is 4.06. The molecule has 7 heteroatoms. The molecule has 3 heterocycles. The van der Waals surface area contributed by atoms with Gasteiger partial charge in [0.2, 0.25) is 5.78 Å². The zero-order valence-electron chi connectivity index (χ0n) is 13.7. The predicted octanol–water partition coefficient (Wildman–Crippen LogP) is 1.96. The molecule has 0 spiro atoms. The maximum absolute atomic E-state index is 12.6. The van der Waals surface area contributed by atoms with E-state index < -0.39 is 0 Å². The number of aromatic nitrogens is 5. The van der Waals surface area contributed by atoms with Crippen LogP contribution in [0.4, 0.5) is 0 Å². The maximum atomic E-state index is 12.6. The molecule has 3 aromatic heterocycles. The Labute approximate surface area is 134 Å². The third-order valence-electron chi connectivity index (χ3n) is 4.06. The second-order valence-corrected chi connectivity index (χ2v) is 5.60. The first-order valence-corrected chi connectivity index (χ1v) is 7.62. The molecule has 0 saturated heterocycles. The molecule has 23 heavy (non-hydrogen) atoms. The number of nitrogens with one attached hydrogen (secondary N) is 1. The number of carbonyl (C=O) groups excluding carboxylic acids is 1. The minimum atomic E-state index is -0.164. The number of imidazole rings is 1. The van der Waals surface area contributed by atoms with Gasteiger partial charge < -0.3 is 5.32 Å². The van der Waals surface area contributed by atoms with E-state index in [-0.39, 0.29) is 11.9 Å². The van der Waals surface area contributed by atoms with Crippen molar-refractivity contribution >= 4 is 11.7 Å². The summed E-state index contributed by atoms with van der Waals surface area (Å²) in [6.45, 7) is 5.76. The fourth-order valence-electron chi connectivity index (χ4n) is 2.73. The first-order chi connectivity index (χ1) is 11.0. The van der Waals surface area contributed by atoms with E-state index in [1.165, 1.54) is 0 Å². The van der Waals surface area contributed by atoms with E-state index in [9.17, 15) is 4.79 Å². The van der Waals surface area contributed by atoms with E-state index in [1.54, 1.807) is 10.9 Å². The van der Waals surface area contributed by atoms with Gasteiger partial charge in [-0.25, -0.2) is 9.97 Å². The van der Waals surface area contributed by atoms with Crippen LogP contribution in [0.2, 0.25) is 0 Å². The number of amides is 1. The van der Waals surface area contributed by atoms with Crippen molar-refractivity contribution in [3.63, 3.8) is 0 Å². The summed E-state index contributed by atoms with van der Waals surface area (Å²) in [7, 11) is 1.84. The molecule has 0 aliphatic rings. The van der Waals surface area contributed by atoms with Crippen LogP contribution >= 0.6 is 0 Å². The Morgan fingerprint density at radius 3 is 2.78 bits per heavy atom. The Kier molecular flexibility index (Phi) is 3.85. The highest BCUT2D eigenvalue weighted by Gasteiger charge is 2.22. The maximum Gasteiger partial charge on any atom is 0.255 e.